The zero-order valence-corrected chi connectivity index (χ0v) is 6.83. The molecule has 0 radical (unpaired) electrons. The van der Waals surface area contributed by atoms with E-state index in [2.05, 4.69) is 29.7 Å². The highest BCUT2D eigenvalue weighted by atomic mass is 15.3. The van der Waals surface area contributed by atoms with Crippen LogP contribution in [0, 0.1) is 36.1 Å². The Hall–Kier alpha value is -1.98. The largest absolute Gasteiger partial charge is 0.361 e. The molecule has 0 N–H and O–H groups in total. The highest BCUT2D eigenvalue weighted by molar-refractivity contribution is 5.33. The maximum atomic E-state index is 4.92. The average molecular weight is 156 g/mol. The van der Waals surface area contributed by atoms with Gasteiger partial charge < -0.3 is 4.90 Å². The van der Waals surface area contributed by atoms with E-state index in [-0.39, 0.29) is 0 Å². The maximum absolute atomic E-state index is 4.92. The molecular weight excluding hydrogens is 148 g/mol. The molecule has 1 aliphatic rings. The second-order valence-electron chi connectivity index (χ2n) is 2.30. The van der Waals surface area contributed by atoms with Crippen molar-refractivity contribution in [3.05, 3.63) is 12.4 Å². The lowest BCUT2D eigenvalue weighted by atomic mass is 10.6. The van der Waals surface area contributed by atoms with Gasteiger partial charge in [-0.05, 0) is 11.8 Å². The van der Waals surface area contributed by atoms with Gasteiger partial charge in [-0.25, -0.2) is 0 Å². The van der Waals surface area contributed by atoms with Gasteiger partial charge in [-0.1, -0.05) is 0 Å². The van der Waals surface area contributed by atoms with Crippen LogP contribution in [0.2, 0.25) is 0 Å². The van der Waals surface area contributed by atoms with Crippen LogP contribution < -0.4 is 0 Å². The van der Waals surface area contributed by atoms with Crippen LogP contribution in [0.25, 0.3) is 0 Å². The second kappa shape index (κ2) is 4.02. The van der Waals surface area contributed by atoms with E-state index in [0.717, 1.165) is 6.67 Å². The minimum Gasteiger partial charge on any atom is -0.361 e. The molecule has 1 rings (SSSR count). The SMILES string of the molecule is C#CC#CC#CN1C=CN(C)C1. The molecule has 0 spiro atoms. The normalized spacial score (nSPS) is 12.7. The van der Waals surface area contributed by atoms with E-state index in [9.17, 15) is 0 Å². The molecule has 0 unspecified atom stereocenters. The Morgan fingerprint density at radius 2 is 2.08 bits per heavy atom. The minimum atomic E-state index is 0.782. The molecule has 0 bridgehead atoms. The van der Waals surface area contributed by atoms with E-state index < -0.39 is 0 Å². The van der Waals surface area contributed by atoms with Crippen molar-refractivity contribution in [2.75, 3.05) is 13.7 Å². The average Bonchev–Trinajstić information content (AvgIpc) is 2.45. The predicted octanol–water partition coefficient (Wildman–Crippen LogP) is 0.260. The van der Waals surface area contributed by atoms with Gasteiger partial charge in [0.05, 0.1) is 0 Å². The first-order valence-corrected chi connectivity index (χ1v) is 3.44. The molecule has 1 heterocycles. The maximum Gasteiger partial charge on any atom is 0.102 e. The van der Waals surface area contributed by atoms with Crippen molar-refractivity contribution in [3.63, 3.8) is 0 Å². The lowest BCUT2D eigenvalue weighted by Gasteiger charge is -2.09. The first-order valence-electron chi connectivity index (χ1n) is 3.44. The lowest BCUT2D eigenvalue weighted by Crippen LogP contribution is -2.17. The Bertz CT molecular complexity index is 338. The number of hydrogen-bond acceptors (Lipinski definition) is 2. The van der Waals surface area contributed by atoms with Crippen LogP contribution in [0.3, 0.4) is 0 Å². The lowest BCUT2D eigenvalue weighted by molar-refractivity contribution is 0.376. The molecule has 0 saturated heterocycles. The second-order valence-corrected chi connectivity index (χ2v) is 2.30. The Balaban J connectivity index is 2.47. The van der Waals surface area contributed by atoms with Crippen molar-refractivity contribution in [2.24, 2.45) is 0 Å². The molecule has 0 aromatic heterocycles. The Labute approximate surface area is 72.8 Å². The molecule has 0 saturated carbocycles. The van der Waals surface area contributed by atoms with Gasteiger partial charge in [0.25, 0.3) is 0 Å². The van der Waals surface area contributed by atoms with Crippen molar-refractivity contribution in [1.29, 1.82) is 0 Å². The molecule has 2 heteroatoms. The van der Waals surface area contributed by atoms with Crippen molar-refractivity contribution in [1.82, 2.24) is 9.80 Å². The molecule has 1 aliphatic heterocycles. The third kappa shape index (κ3) is 2.33. The van der Waals surface area contributed by atoms with E-state index in [1.165, 1.54) is 0 Å². The molecule has 0 amide bonds. The third-order valence-corrected chi connectivity index (χ3v) is 1.27. The molecule has 0 atom stereocenters. The van der Waals surface area contributed by atoms with Crippen LogP contribution in [0.1, 0.15) is 0 Å². The monoisotopic (exact) mass is 156 g/mol. The summed E-state index contributed by atoms with van der Waals surface area (Å²) in [4.78, 5) is 3.86. The van der Waals surface area contributed by atoms with Crippen LogP contribution in [-0.2, 0) is 0 Å². The van der Waals surface area contributed by atoms with Crippen LogP contribution in [0.15, 0.2) is 12.4 Å². The van der Waals surface area contributed by atoms with Gasteiger partial charge in [-0.2, -0.15) is 0 Å². The molecule has 0 aromatic carbocycles. The van der Waals surface area contributed by atoms with Gasteiger partial charge >= 0.3 is 0 Å². The van der Waals surface area contributed by atoms with E-state index in [4.69, 9.17) is 6.42 Å². The number of hydrogen-bond donors (Lipinski definition) is 0. The standard InChI is InChI=1S/C10H8N2/c1-3-4-5-6-7-12-9-8-11(2)10-12/h1,8-9H,10H2,2H3. The summed E-state index contributed by atoms with van der Waals surface area (Å²) in [5.41, 5.74) is 0. The van der Waals surface area contributed by atoms with Crippen LogP contribution in [0.4, 0.5) is 0 Å². The Kier molecular flexibility index (Phi) is 2.72. The van der Waals surface area contributed by atoms with Crippen molar-refractivity contribution >= 4 is 0 Å². The number of nitrogens with zero attached hydrogens (tertiary/aromatic N) is 2. The summed E-state index contributed by atoms with van der Waals surface area (Å²) in [6.07, 6.45) is 8.76. The van der Waals surface area contributed by atoms with Gasteiger partial charge in [0.1, 0.15) is 6.67 Å². The fourth-order valence-electron chi connectivity index (χ4n) is 0.769. The van der Waals surface area contributed by atoms with Crippen LogP contribution in [-0.4, -0.2) is 23.5 Å². The van der Waals surface area contributed by atoms with E-state index >= 15 is 0 Å². The molecule has 2 nitrogen and oxygen atoms in total. The third-order valence-electron chi connectivity index (χ3n) is 1.27. The van der Waals surface area contributed by atoms with E-state index in [1.54, 1.807) is 0 Å². The van der Waals surface area contributed by atoms with Crippen molar-refractivity contribution < 1.29 is 0 Å². The first kappa shape index (κ1) is 8.12. The predicted molar refractivity (Wildman–Crippen MR) is 48.0 cm³/mol. The zero-order valence-electron chi connectivity index (χ0n) is 6.83. The summed E-state index contributed by atoms with van der Waals surface area (Å²) in [6.45, 7) is 0.782. The topological polar surface area (TPSA) is 6.48 Å². The van der Waals surface area contributed by atoms with Crippen molar-refractivity contribution in [2.45, 2.75) is 0 Å². The summed E-state index contributed by atoms with van der Waals surface area (Å²) >= 11 is 0. The molecule has 0 aromatic rings. The van der Waals surface area contributed by atoms with Crippen LogP contribution in [0.5, 0.6) is 0 Å². The molecule has 12 heavy (non-hydrogen) atoms. The van der Waals surface area contributed by atoms with Crippen molar-refractivity contribution in [3.8, 4) is 36.1 Å². The highest BCUT2D eigenvalue weighted by Crippen LogP contribution is 2.00. The minimum absolute atomic E-state index is 0.782. The van der Waals surface area contributed by atoms with Gasteiger partial charge in [0.15, 0.2) is 0 Å². The Morgan fingerprint density at radius 1 is 1.25 bits per heavy atom. The molecule has 58 valence electrons. The zero-order chi connectivity index (χ0) is 8.81. The summed E-state index contributed by atoms with van der Waals surface area (Å²) in [6, 6.07) is 2.83. The summed E-state index contributed by atoms with van der Waals surface area (Å²) in [7, 11) is 1.98. The fraction of sp³-hybridized carbons (Fsp3) is 0.200. The summed E-state index contributed by atoms with van der Waals surface area (Å²) in [5, 5.41) is 0. The quantitative estimate of drug-likeness (QED) is 0.464. The molecule has 0 fully saturated rings. The van der Waals surface area contributed by atoms with Gasteiger partial charge in [-0.15, -0.1) is 6.42 Å². The fourth-order valence-corrected chi connectivity index (χ4v) is 0.769. The van der Waals surface area contributed by atoms with Crippen LogP contribution >= 0.6 is 0 Å². The molecule has 0 aliphatic carbocycles. The number of terminal acetylenes is 1. The summed E-state index contributed by atoms with van der Waals surface area (Å²) < 4.78 is 0. The van der Waals surface area contributed by atoms with Gasteiger partial charge in [-0.3, -0.25) is 4.90 Å². The smallest absolute Gasteiger partial charge is 0.102 e. The Morgan fingerprint density at radius 3 is 2.67 bits per heavy atom. The highest BCUT2D eigenvalue weighted by Gasteiger charge is 2.03. The van der Waals surface area contributed by atoms with E-state index in [0.29, 0.717) is 0 Å². The van der Waals surface area contributed by atoms with Gasteiger partial charge in [0.2, 0.25) is 0 Å². The molecular formula is C10H8N2. The first-order chi connectivity index (χ1) is 5.83. The number of rotatable bonds is 0. The summed E-state index contributed by atoms with van der Waals surface area (Å²) in [5.74, 6) is 9.79. The van der Waals surface area contributed by atoms with Gasteiger partial charge in [0, 0.05) is 37.3 Å². The van der Waals surface area contributed by atoms with E-state index in [1.807, 2.05) is 29.2 Å².